The van der Waals surface area contributed by atoms with Crippen LogP contribution in [0.15, 0.2) is 17.1 Å². The summed E-state index contributed by atoms with van der Waals surface area (Å²) in [5.41, 5.74) is 11.8. The van der Waals surface area contributed by atoms with Gasteiger partial charge in [-0.3, -0.25) is 0 Å². The van der Waals surface area contributed by atoms with Gasteiger partial charge in [-0.15, -0.1) is 0 Å². The second kappa shape index (κ2) is 4.17. The largest absolute Gasteiger partial charge is 0.465 e. The van der Waals surface area contributed by atoms with Gasteiger partial charge in [0.1, 0.15) is 5.82 Å². The lowest BCUT2D eigenvalue weighted by molar-refractivity contribution is 0.255. The van der Waals surface area contributed by atoms with E-state index in [1.165, 1.54) is 12.1 Å². The minimum absolute atomic E-state index is 0.00439. The molecule has 0 saturated heterocycles. The van der Waals surface area contributed by atoms with Gasteiger partial charge in [0.15, 0.2) is 0 Å². The van der Waals surface area contributed by atoms with Gasteiger partial charge >= 0.3 is 0 Å². The molecular weight excluding hydrogens is 233 g/mol. The molecule has 0 aromatic heterocycles. The van der Waals surface area contributed by atoms with Crippen LogP contribution in [0.25, 0.3) is 0 Å². The van der Waals surface area contributed by atoms with Crippen molar-refractivity contribution >= 4 is 23.3 Å². The number of halogens is 2. The molecule has 0 fully saturated rings. The highest BCUT2D eigenvalue weighted by Gasteiger charge is 2.21. The highest BCUT2D eigenvalue weighted by atomic mass is 35.5. The van der Waals surface area contributed by atoms with E-state index in [1.54, 1.807) is 0 Å². The normalized spacial score (nSPS) is 20.1. The van der Waals surface area contributed by atoms with Gasteiger partial charge in [-0.1, -0.05) is 11.6 Å². The van der Waals surface area contributed by atoms with Crippen molar-refractivity contribution in [1.29, 1.82) is 0 Å². The molecule has 6 heteroatoms. The van der Waals surface area contributed by atoms with Crippen molar-refractivity contribution in [3.63, 3.8) is 0 Å². The Hall–Kier alpha value is -1.49. The van der Waals surface area contributed by atoms with Gasteiger partial charge in [-0.05, 0) is 12.1 Å². The monoisotopic (exact) mass is 243 g/mol. The van der Waals surface area contributed by atoms with E-state index < -0.39 is 5.82 Å². The number of hydrogen-bond donors (Lipinski definition) is 2. The standard InChI is InChI=1S/C10H11ClFN3O/c11-7-4-5(13)3-6(9(7)12)8-1-2-16-10(14)15-8/h3-4,8H,1-2,13H2,(H2,14,15)/t8-/m0/s1. The van der Waals surface area contributed by atoms with Gasteiger partial charge in [-0.2, -0.15) is 0 Å². The molecule has 1 aliphatic heterocycles. The average molecular weight is 244 g/mol. The first-order valence-electron chi connectivity index (χ1n) is 4.78. The lowest BCUT2D eigenvalue weighted by Gasteiger charge is -2.20. The summed E-state index contributed by atoms with van der Waals surface area (Å²) in [7, 11) is 0. The first-order chi connectivity index (χ1) is 7.58. The molecule has 0 aliphatic carbocycles. The van der Waals surface area contributed by atoms with E-state index >= 15 is 0 Å². The first kappa shape index (κ1) is 11.0. The third-order valence-corrected chi connectivity index (χ3v) is 2.64. The highest BCUT2D eigenvalue weighted by molar-refractivity contribution is 6.31. The Morgan fingerprint density at radius 3 is 2.88 bits per heavy atom. The minimum Gasteiger partial charge on any atom is -0.465 e. The number of nitrogen functional groups attached to an aromatic ring is 1. The molecule has 86 valence electrons. The molecule has 0 unspecified atom stereocenters. The Balaban J connectivity index is 2.43. The Labute approximate surface area is 97.0 Å². The zero-order chi connectivity index (χ0) is 11.7. The molecule has 1 aliphatic rings. The number of benzene rings is 1. The predicted molar refractivity (Wildman–Crippen MR) is 60.8 cm³/mol. The van der Waals surface area contributed by atoms with Crippen LogP contribution in [0.5, 0.6) is 0 Å². The van der Waals surface area contributed by atoms with Crippen LogP contribution in [0.1, 0.15) is 18.0 Å². The van der Waals surface area contributed by atoms with Crippen LogP contribution in [-0.4, -0.2) is 12.6 Å². The molecule has 1 atom stereocenters. The summed E-state index contributed by atoms with van der Waals surface area (Å²) in [6.45, 7) is 0.409. The number of nitrogens with two attached hydrogens (primary N) is 2. The van der Waals surface area contributed by atoms with Gasteiger partial charge in [0, 0.05) is 17.7 Å². The smallest absolute Gasteiger partial charge is 0.282 e. The van der Waals surface area contributed by atoms with E-state index in [9.17, 15) is 4.39 Å². The van der Waals surface area contributed by atoms with E-state index in [-0.39, 0.29) is 17.1 Å². The minimum atomic E-state index is -0.501. The Bertz CT molecular complexity index is 450. The molecule has 4 nitrogen and oxygen atoms in total. The molecular formula is C10H11ClFN3O. The van der Waals surface area contributed by atoms with E-state index in [0.717, 1.165) is 0 Å². The molecule has 1 aromatic carbocycles. The molecule has 2 rings (SSSR count). The number of anilines is 1. The van der Waals surface area contributed by atoms with Crippen molar-refractivity contribution in [2.45, 2.75) is 12.5 Å². The van der Waals surface area contributed by atoms with Crippen molar-refractivity contribution < 1.29 is 9.13 Å². The number of amidine groups is 1. The maximum absolute atomic E-state index is 13.8. The van der Waals surface area contributed by atoms with Crippen LogP contribution in [0, 0.1) is 5.82 Å². The van der Waals surface area contributed by atoms with Crippen LogP contribution in [0.2, 0.25) is 5.02 Å². The summed E-state index contributed by atoms with van der Waals surface area (Å²) in [6, 6.07) is 2.57. The molecule has 0 spiro atoms. The van der Waals surface area contributed by atoms with Crippen molar-refractivity contribution in [2.75, 3.05) is 12.3 Å². The molecule has 16 heavy (non-hydrogen) atoms. The van der Waals surface area contributed by atoms with Gasteiger partial charge < -0.3 is 16.2 Å². The van der Waals surface area contributed by atoms with Crippen molar-refractivity contribution in [3.8, 4) is 0 Å². The Morgan fingerprint density at radius 1 is 1.44 bits per heavy atom. The summed E-state index contributed by atoms with van der Waals surface area (Å²) in [5.74, 6) is -0.501. The zero-order valence-corrected chi connectivity index (χ0v) is 9.17. The third kappa shape index (κ3) is 2.04. The van der Waals surface area contributed by atoms with Gasteiger partial charge in [-0.25, -0.2) is 9.38 Å². The van der Waals surface area contributed by atoms with E-state index in [4.69, 9.17) is 27.8 Å². The van der Waals surface area contributed by atoms with Crippen LogP contribution < -0.4 is 11.5 Å². The van der Waals surface area contributed by atoms with Gasteiger partial charge in [0.05, 0.1) is 17.7 Å². The SMILES string of the molecule is NC1=N[C@H](c2cc(N)cc(Cl)c2F)CCO1. The van der Waals surface area contributed by atoms with Crippen molar-refractivity contribution in [2.24, 2.45) is 10.7 Å². The highest BCUT2D eigenvalue weighted by Crippen LogP contribution is 2.31. The fourth-order valence-corrected chi connectivity index (χ4v) is 1.87. The summed E-state index contributed by atoms with van der Waals surface area (Å²) in [5, 5.41) is -0.00439. The summed E-state index contributed by atoms with van der Waals surface area (Å²) in [6.07, 6.45) is 0.553. The van der Waals surface area contributed by atoms with E-state index in [1.807, 2.05) is 0 Å². The average Bonchev–Trinajstić information content (AvgIpc) is 2.23. The summed E-state index contributed by atoms with van der Waals surface area (Å²) in [4.78, 5) is 4.01. The lowest BCUT2D eigenvalue weighted by Crippen LogP contribution is -2.24. The van der Waals surface area contributed by atoms with Crippen LogP contribution in [0.3, 0.4) is 0 Å². The predicted octanol–water partition coefficient (Wildman–Crippen LogP) is 1.84. The molecule has 0 saturated carbocycles. The van der Waals surface area contributed by atoms with Crippen molar-refractivity contribution in [1.82, 2.24) is 0 Å². The fraction of sp³-hybridized carbons (Fsp3) is 0.300. The topological polar surface area (TPSA) is 73.6 Å². The van der Waals surface area contributed by atoms with Crippen LogP contribution in [-0.2, 0) is 4.74 Å². The van der Waals surface area contributed by atoms with Crippen molar-refractivity contribution in [3.05, 3.63) is 28.5 Å². The maximum Gasteiger partial charge on any atom is 0.282 e. The summed E-state index contributed by atoms with van der Waals surface area (Å²) < 4.78 is 18.7. The van der Waals surface area contributed by atoms with Crippen LogP contribution in [0.4, 0.5) is 10.1 Å². The number of hydrogen-bond acceptors (Lipinski definition) is 4. The second-order valence-electron chi connectivity index (χ2n) is 3.53. The number of nitrogens with zero attached hydrogens (tertiary/aromatic N) is 1. The summed E-state index contributed by atoms with van der Waals surface area (Å²) >= 11 is 5.71. The molecule has 1 aromatic rings. The Morgan fingerprint density at radius 2 is 2.19 bits per heavy atom. The van der Waals surface area contributed by atoms with E-state index in [2.05, 4.69) is 4.99 Å². The number of rotatable bonds is 1. The molecule has 0 radical (unpaired) electrons. The Kier molecular flexibility index (Phi) is 2.87. The third-order valence-electron chi connectivity index (χ3n) is 2.36. The van der Waals surface area contributed by atoms with Gasteiger partial charge in [0.25, 0.3) is 6.02 Å². The maximum atomic E-state index is 13.8. The molecule has 4 N–H and O–H groups in total. The second-order valence-corrected chi connectivity index (χ2v) is 3.93. The number of aliphatic imine (C=N–C) groups is 1. The number of ether oxygens (including phenoxy) is 1. The van der Waals surface area contributed by atoms with Crippen LogP contribution >= 0.6 is 11.6 Å². The van der Waals surface area contributed by atoms with E-state index in [0.29, 0.717) is 24.3 Å². The zero-order valence-electron chi connectivity index (χ0n) is 8.41. The lowest BCUT2D eigenvalue weighted by atomic mass is 10.0. The van der Waals surface area contributed by atoms with Gasteiger partial charge in [0.2, 0.25) is 0 Å². The fourth-order valence-electron chi connectivity index (χ4n) is 1.63. The quantitative estimate of drug-likeness (QED) is 0.739. The molecule has 0 bridgehead atoms. The first-order valence-corrected chi connectivity index (χ1v) is 5.16. The molecule has 1 heterocycles. The molecule has 0 amide bonds.